The van der Waals surface area contributed by atoms with Gasteiger partial charge in [-0.15, -0.1) is 34.2 Å². The zero-order valence-corrected chi connectivity index (χ0v) is 18.1. The van der Waals surface area contributed by atoms with Gasteiger partial charge in [-0.3, -0.25) is 0 Å². The Balaban J connectivity index is 0.00000243. The Morgan fingerprint density at radius 3 is 2.42 bits per heavy atom. The Bertz CT molecular complexity index is 725. The van der Waals surface area contributed by atoms with Gasteiger partial charge in [0.05, 0.1) is 6.54 Å². The molecule has 2 heterocycles. The summed E-state index contributed by atoms with van der Waals surface area (Å²) in [6.45, 7) is 7.91. The van der Waals surface area contributed by atoms with Crippen molar-refractivity contribution in [3.8, 4) is 0 Å². The van der Waals surface area contributed by atoms with Crippen molar-refractivity contribution in [3.63, 3.8) is 0 Å². The summed E-state index contributed by atoms with van der Waals surface area (Å²) in [7, 11) is 0. The van der Waals surface area contributed by atoms with Crippen LogP contribution in [-0.2, 0) is 6.54 Å². The molecule has 26 heavy (non-hydrogen) atoms. The van der Waals surface area contributed by atoms with Gasteiger partial charge in [0, 0.05) is 37.8 Å². The maximum atomic E-state index is 13.0. The lowest BCUT2D eigenvalue weighted by Crippen LogP contribution is -2.51. The topological polar surface area (TPSA) is 70.6 Å². The molecule has 1 aliphatic heterocycles. The summed E-state index contributed by atoms with van der Waals surface area (Å²) in [5.41, 5.74) is 7.17. The molecule has 1 fully saturated rings. The van der Waals surface area contributed by atoms with Gasteiger partial charge in [-0.1, -0.05) is 25.2 Å². The number of nitrogens with zero attached hydrogens (tertiary/aromatic N) is 5. The second-order valence-corrected chi connectivity index (χ2v) is 7.41. The van der Waals surface area contributed by atoms with Crippen LogP contribution in [0.4, 0.5) is 10.1 Å². The molecule has 0 radical (unpaired) electrons. The van der Waals surface area contributed by atoms with E-state index in [9.17, 15) is 4.39 Å². The van der Waals surface area contributed by atoms with E-state index in [0.29, 0.717) is 18.4 Å². The van der Waals surface area contributed by atoms with Crippen molar-refractivity contribution in [3.05, 3.63) is 40.1 Å². The van der Waals surface area contributed by atoms with Gasteiger partial charge in [0.15, 0.2) is 5.96 Å². The largest absolute Gasteiger partial charge is 0.370 e. The highest BCUT2D eigenvalue weighted by atomic mass is 127. The Hall–Kier alpha value is -1.49. The molecule has 6 nitrogen and oxygen atoms in total. The third kappa shape index (κ3) is 5.26. The lowest BCUT2D eigenvalue weighted by molar-refractivity contribution is 0.380. The van der Waals surface area contributed by atoms with Crippen LogP contribution in [0.15, 0.2) is 29.3 Å². The molecule has 2 aromatic rings. The maximum absolute atomic E-state index is 13.0. The third-order valence-corrected chi connectivity index (χ3v) is 5.36. The highest BCUT2D eigenvalue weighted by Crippen LogP contribution is 2.20. The third-order valence-electron chi connectivity index (χ3n) is 4.15. The van der Waals surface area contributed by atoms with E-state index in [4.69, 9.17) is 5.73 Å². The van der Waals surface area contributed by atoms with Crippen molar-refractivity contribution in [1.82, 2.24) is 15.1 Å². The number of piperazine rings is 1. The van der Waals surface area contributed by atoms with Gasteiger partial charge in [-0.25, -0.2) is 9.38 Å². The molecule has 0 saturated carbocycles. The van der Waals surface area contributed by atoms with Crippen molar-refractivity contribution in [2.24, 2.45) is 10.7 Å². The molecule has 142 valence electrons. The second kappa shape index (κ2) is 9.45. The Morgan fingerprint density at radius 2 is 1.85 bits per heavy atom. The van der Waals surface area contributed by atoms with Crippen LogP contribution in [-0.4, -0.2) is 47.2 Å². The monoisotopic (exact) mass is 490 g/mol. The average Bonchev–Trinajstić information content (AvgIpc) is 3.10. The zero-order chi connectivity index (χ0) is 17.8. The van der Waals surface area contributed by atoms with Crippen molar-refractivity contribution in [2.45, 2.75) is 26.3 Å². The SMILES string of the molecule is CC(C)c1nnc(CN=C(N)N2CCN(c3ccc(F)cc3)CC2)s1.I. The average molecular weight is 490 g/mol. The molecule has 0 aliphatic carbocycles. The minimum atomic E-state index is -0.212. The van der Waals surface area contributed by atoms with Crippen LogP contribution in [0.2, 0.25) is 0 Å². The highest BCUT2D eigenvalue weighted by Gasteiger charge is 2.18. The number of rotatable bonds is 4. The van der Waals surface area contributed by atoms with E-state index in [1.165, 1.54) is 12.1 Å². The molecule has 2 N–H and O–H groups in total. The normalized spacial score (nSPS) is 15.3. The molecule has 1 saturated heterocycles. The molecule has 3 rings (SSSR count). The summed E-state index contributed by atoms with van der Waals surface area (Å²) in [6, 6.07) is 6.60. The van der Waals surface area contributed by atoms with Crippen molar-refractivity contribution in [2.75, 3.05) is 31.1 Å². The molecule has 0 unspecified atom stereocenters. The molecular formula is C17H24FIN6S. The first kappa shape index (κ1) is 20.8. The van der Waals surface area contributed by atoms with Crippen LogP contribution >= 0.6 is 35.3 Å². The molecule has 9 heteroatoms. The number of guanidine groups is 1. The van der Waals surface area contributed by atoms with E-state index < -0.39 is 0 Å². The molecule has 0 bridgehead atoms. The molecule has 1 aromatic carbocycles. The number of nitrogens with two attached hydrogens (primary N) is 1. The Morgan fingerprint density at radius 1 is 1.19 bits per heavy atom. The van der Waals surface area contributed by atoms with Crippen molar-refractivity contribution >= 4 is 47.0 Å². The van der Waals surface area contributed by atoms with Gasteiger partial charge in [-0.05, 0) is 24.3 Å². The van der Waals surface area contributed by atoms with E-state index >= 15 is 0 Å². The molecule has 1 aromatic heterocycles. The number of benzene rings is 1. The second-order valence-electron chi connectivity index (χ2n) is 6.31. The van der Waals surface area contributed by atoms with Crippen LogP contribution in [0.1, 0.15) is 29.8 Å². The first-order valence-electron chi connectivity index (χ1n) is 8.40. The summed E-state index contributed by atoms with van der Waals surface area (Å²) in [6.07, 6.45) is 0. The summed E-state index contributed by atoms with van der Waals surface area (Å²) in [5.74, 6) is 0.711. The van der Waals surface area contributed by atoms with E-state index in [1.807, 2.05) is 12.1 Å². The van der Waals surface area contributed by atoms with Gasteiger partial charge in [0.25, 0.3) is 0 Å². The number of hydrogen-bond donors (Lipinski definition) is 1. The number of aromatic nitrogens is 2. The molecule has 0 atom stereocenters. The zero-order valence-electron chi connectivity index (χ0n) is 14.9. The summed E-state index contributed by atoms with van der Waals surface area (Å²) < 4.78 is 13.0. The Labute approximate surface area is 174 Å². The smallest absolute Gasteiger partial charge is 0.191 e. The minimum absolute atomic E-state index is 0. The van der Waals surface area contributed by atoms with Gasteiger partial charge in [0.2, 0.25) is 0 Å². The predicted molar refractivity (Wildman–Crippen MR) is 115 cm³/mol. The van der Waals surface area contributed by atoms with E-state index in [0.717, 1.165) is 41.9 Å². The predicted octanol–water partition coefficient (Wildman–Crippen LogP) is 3.06. The van der Waals surface area contributed by atoms with Crippen LogP contribution in [0.5, 0.6) is 0 Å². The first-order valence-corrected chi connectivity index (χ1v) is 9.22. The van der Waals surface area contributed by atoms with E-state index in [1.54, 1.807) is 11.3 Å². The van der Waals surface area contributed by atoms with Gasteiger partial charge in [-0.2, -0.15) is 0 Å². The van der Waals surface area contributed by atoms with E-state index in [2.05, 4.69) is 38.8 Å². The lowest BCUT2D eigenvalue weighted by Gasteiger charge is -2.36. The number of hydrogen-bond acceptors (Lipinski definition) is 5. The highest BCUT2D eigenvalue weighted by molar-refractivity contribution is 14.0. The molecule has 0 amide bonds. The summed E-state index contributed by atoms with van der Waals surface area (Å²) in [4.78, 5) is 8.76. The van der Waals surface area contributed by atoms with Gasteiger partial charge in [0.1, 0.15) is 15.8 Å². The molecule has 1 aliphatic rings. The molecular weight excluding hydrogens is 466 g/mol. The number of anilines is 1. The summed E-state index contributed by atoms with van der Waals surface area (Å²) in [5, 5.41) is 10.2. The minimum Gasteiger partial charge on any atom is -0.370 e. The fourth-order valence-electron chi connectivity index (χ4n) is 2.66. The van der Waals surface area contributed by atoms with Gasteiger partial charge >= 0.3 is 0 Å². The standard InChI is InChI=1S/C17H23FN6S.HI/c1-12(2)16-22-21-15(25-16)11-20-17(19)24-9-7-23(8-10-24)14-5-3-13(18)4-6-14;/h3-6,12H,7-11H2,1-2H3,(H2,19,20);1H. The van der Waals surface area contributed by atoms with Crippen molar-refractivity contribution < 1.29 is 4.39 Å². The fraction of sp³-hybridized carbons (Fsp3) is 0.471. The van der Waals surface area contributed by atoms with Crippen LogP contribution in [0.25, 0.3) is 0 Å². The first-order chi connectivity index (χ1) is 12.0. The quantitative estimate of drug-likeness (QED) is 0.406. The lowest BCUT2D eigenvalue weighted by atomic mass is 10.2. The molecule has 0 spiro atoms. The van der Waals surface area contributed by atoms with Crippen LogP contribution < -0.4 is 10.6 Å². The van der Waals surface area contributed by atoms with E-state index in [-0.39, 0.29) is 29.8 Å². The Kier molecular flexibility index (Phi) is 7.56. The van der Waals surface area contributed by atoms with Crippen LogP contribution in [0.3, 0.4) is 0 Å². The van der Waals surface area contributed by atoms with Crippen molar-refractivity contribution in [1.29, 1.82) is 0 Å². The van der Waals surface area contributed by atoms with Crippen LogP contribution in [0, 0.1) is 5.82 Å². The summed E-state index contributed by atoms with van der Waals surface area (Å²) >= 11 is 1.59. The maximum Gasteiger partial charge on any atom is 0.191 e. The van der Waals surface area contributed by atoms with Gasteiger partial charge < -0.3 is 15.5 Å². The number of aliphatic imine (C=N–C) groups is 1. The number of halogens is 2. The fourth-order valence-corrected chi connectivity index (χ4v) is 3.43.